The van der Waals surface area contributed by atoms with Crippen molar-refractivity contribution in [3.8, 4) is 0 Å². The third kappa shape index (κ3) is 1.53. The highest BCUT2D eigenvalue weighted by atomic mass is 16.1. The summed E-state index contributed by atoms with van der Waals surface area (Å²) >= 11 is 0. The summed E-state index contributed by atoms with van der Waals surface area (Å²) in [5.41, 5.74) is 1.26. The summed E-state index contributed by atoms with van der Waals surface area (Å²) in [7, 11) is 0. The molecule has 0 aromatic rings. The molecule has 0 bridgehead atoms. The molecule has 0 spiro atoms. The Balaban J connectivity index is 2.09. The number of hydrogen-bond acceptors (Lipinski definition) is 2. The number of rotatable bonds is 2. The third-order valence-electron chi connectivity index (χ3n) is 2.84. The normalized spacial score (nSPS) is 26.7. The molecule has 0 aromatic carbocycles. The van der Waals surface area contributed by atoms with Gasteiger partial charge < -0.3 is 4.90 Å². The van der Waals surface area contributed by atoms with Gasteiger partial charge in [0.1, 0.15) is 5.78 Å². The van der Waals surface area contributed by atoms with Gasteiger partial charge in [-0.25, -0.2) is 0 Å². The van der Waals surface area contributed by atoms with Crippen molar-refractivity contribution in [3.63, 3.8) is 0 Å². The third-order valence-corrected chi connectivity index (χ3v) is 2.84. The van der Waals surface area contributed by atoms with Crippen molar-refractivity contribution in [1.29, 1.82) is 0 Å². The highest BCUT2D eigenvalue weighted by Crippen LogP contribution is 2.30. The second-order valence-corrected chi connectivity index (χ2v) is 3.75. The Labute approximate surface area is 78.9 Å². The van der Waals surface area contributed by atoms with Crippen molar-refractivity contribution >= 4 is 5.78 Å². The van der Waals surface area contributed by atoms with Gasteiger partial charge in [0.25, 0.3) is 0 Å². The molecule has 1 aliphatic heterocycles. The van der Waals surface area contributed by atoms with Crippen molar-refractivity contribution < 1.29 is 4.79 Å². The lowest BCUT2D eigenvalue weighted by molar-refractivity contribution is -0.120. The van der Waals surface area contributed by atoms with Gasteiger partial charge in [-0.2, -0.15) is 0 Å². The van der Waals surface area contributed by atoms with Gasteiger partial charge in [0.2, 0.25) is 0 Å². The summed E-state index contributed by atoms with van der Waals surface area (Å²) in [4.78, 5) is 13.6. The Morgan fingerprint density at radius 1 is 1.46 bits per heavy atom. The van der Waals surface area contributed by atoms with Crippen molar-refractivity contribution in [3.05, 3.63) is 23.9 Å². The molecule has 0 radical (unpaired) electrons. The second-order valence-electron chi connectivity index (χ2n) is 3.75. The fraction of sp³-hybridized carbons (Fsp3) is 0.545. The molecule has 0 saturated heterocycles. The zero-order valence-electron chi connectivity index (χ0n) is 7.99. The van der Waals surface area contributed by atoms with E-state index >= 15 is 0 Å². The fourth-order valence-corrected chi connectivity index (χ4v) is 2.14. The zero-order valence-corrected chi connectivity index (χ0v) is 7.99. The Kier molecular flexibility index (Phi) is 2.21. The summed E-state index contributed by atoms with van der Waals surface area (Å²) in [5.74, 6) is 0.496. The Morgan fingerprint density at radius 3 is 2.77 bits per heavy atom. The van der Waals surface area contributed by atoms with Crippen LogP contribution in [0.5, 0.6) is 0 Å². The summed E-state index contributed by atoms with van der Waals surface area (Å²) in [6.07, 6.45) is 8.63. The molecule has 2 heteroatoms. The highest BCUT2D eigenvalue weighted by Gasteiger charge is 2.27. The average molecular weight is 177 g/mol. The first-order valence-corrected chi connectivity index (χ1v) is 4.89. The van der Waals surface area contributed by atoms with Crippen LogP contribution >= 0.6 is 0 Å². The number of carbonyl (C=O) groups excluding carboxylic acids is 1. The largest absolute Gasteiger partial charge is 0.367 e. The van der Waals surface area contributed by atoms with Crippen LogP contribution in [0.3, 0.4) is 0 Å². The topological polar surface area (TPSA) is 20.3 Å². The number of ketones is 1. The van der Waals surface area contributed by atoms with Gasteiger partial charge in [0.05, 0.1) is 5.92 Å². The molecule has 0 amide bonds. The van der Waals surface area contributed by atoms with Crippen LogP contribution in [0.15, 0.2) is 23.9 Å². The number of hydrogen-bond donors (Lipinski definition) is 0. The Morgan fingerprint density at radius 2 is 2.15 bits per heavy atom. The van der Waals surface area contributed by atoms with Crippen LogP contribution in [0.4, 0.5) is 0 Å². The van der Waals surface area contributed by atoms with Crippen LogP contribution in [-0.2, 0) is 4.79 Å². The van der Waals surface area contributed by atoms with Crippen LogP contribution in [0.2, 0.25) is 0 Å². The fourth-order valence-electron chi connectivity index (χ4n) is 2.14. The van der Waals surface area contributed by atoms with Gasteiger partial charge in [-0.1, -0.05) is 18.2 Å². The van der Waals surface area contributed by atoms with E-state index in [0.29, 0.717) is 5.78 Å². The maximum absolute atomic E-state index is 11.3. The van der Waals surface area contributed by atoms with Crippen LogP contribution in [0, 0.1) is 5.92 Å². The highest BCUT2D eigenvalue weighted by molar-refractivity contribution is 5.81. The molecule has 2 nitrogen and oxygen atoms in total. The van der Waals surface area contributed by atoms with Gasteiger partial charge in [-0.3, -0.25) is 4.79 Å². The molecule has 0 fully saturated rings. The van der Waals surface area contributed by atoms with Crippen molar-refractivity contribution in [2.24, 2.45) is 5.92 Å². The van der Waals surface area contributed by atoms with Crippen molar-refractivity contribution in [2.45, 2.75) is 19.8 Å². The molecule has 2 aliphatic rings. The lowest BCUT2D eigenvalue weighted by Gasteiger charge is -2.23. The molecule has 13 heavy (non-hydrogen) atoms. The van der Waals surface area contributed by atoms with Crippen molar-refractivity contribution in [2.75, 3.05) is 13.1 Å². The number of allylic oxidation sites excluding steroid dienone is 2. The SMILES string of the molecule is CC(=O)C1CCC=C1N1CC=CC1. The molecule has 1 aliphatic carbocycles. The van der Waals surface area contributed by atoms with E-state index < -0.39 is 0 Å². The molecular weight excluding hydrogens is 162 g/mol. The quantitative estimate of drug-likeness (QED) is 0.599. The van der Waals surface area contributed by atoms with E-state index in [1.54, 1.807) is 6.92 Å². The molecule has 70 valence electrons. The van der Waals surface area contributed by atoms with Gasteiger partial charge in [0, 0.05) is 18.8 Å². The van der Waals surface area contributed by atoms with E-state index in [0.717, 1.165) is 25.9 Å². The molecule has 2 rings (SSSR count). The maximum atomic E-state index is 11.3. The van der Waals surface area contributed by atoms with E-state index in [4.69, 9.17) is 0 Å². The predicted molar refractivity (Wildman–Crippen MR) is 52.2 cm³/mol. The minimum absolute atomic E-state index is 0.180. The van der Waals surface area contributed by atoms with E-state index in [1.165, 1.54) is 5.70 Å². The minimum atomic E-state index is 0.180. The first kappa shape index (κ1) is 8.54. The molecule has 0 saturated carbocycles. The molecule has 0 aromatic heterocycles. The summed E-state index contributed by atoms with van der Waals surface area (Å²) < 4.78 is 0. The van der Waals surface area contributed by atoms with Crippen LogP contribution in [0.1, 0.15) is 19.8 Å². The summed E-state index contributed by atoms with van der Waals surface area (Å²) in [6.45, 7) is 3.67. The maximum Gasteiger partial charge on any atom is 0.138 e. The molecular formula is C11H15NO. The summed E-state index contributed by atoms with van der Waals surface area (Å²) in [5, 5.41) is 0. The number of Topliss-reactive ketones (excluding diaryl/α,β-unsaturated/α-hetero) is 1. The van der Waals surface area contributed by atoms with Gasteiger partial charge in [0.15, 0.2) is 0 Å². The van der Waals surface area contributed by atoms with Gasteiger partial charge in [-0.15, -0.1) is 0 Å². The number of carbonyl (C=O) groups is 1. The van der Waals surface area contributed by atoms with E-state index in [2.05, 4.69) is 23.1 Å². The monoisotopic (exact) mass is 177 g/mol. The van der Waals surface area contributed by atoms with Gasteiger partial charge >= 0.3 is 0 Å². The molecule has 1 heterocycles. The molecule has 1 unspecified atom stereocenters. The van der Waals surface area contributed by atoms with Crippen LogP contribution < -0.4 is 0 Å². The lowest BCUT2D eigenvalue weighted by atomic mass is 10.0. The molecule has 1 atom stereocenters. The van der Waals surface area contributed by atoms with Crippen LogP contribution in [-0.4, -0.2) is 23.8 Å². The van der Waals surface area contributed by atoms with Crippen molar-refractivity contribution in [1.82, 2.24) is 4.90 Å². The van der Waals surface area contributed by atoms with Gasteiger partial charge in [-0.05, 0) is 19.8 Å². The average Bonchev–Trinajstić information content (AvgIpc) is 2.74. The van der Waals surface area contributed by atoms with Crippen LogP contribution in [0.25, 0.3) is 0 Å². The van der Waals surface area contributed by atoms with E-state index in [9.17, 15) is 4.79 Å². The Bertz CT molecular complexity index is 270. The van der Waals surface area contributed by atoms with E-state index in [-0.39, 0.29) is 5.92 Å². The Hall–Kier alpha value is -1.05. The minimum Gasteiger partial charge on any atom is -0.367 e. The molecule has 0 N–H and O–H groups in total. The first-order valence-electron chi connectivity index (χ1n) is 4.89. The smallest absolute Gasteiger partial charge is 0.138 e. The standard InChI is InChI=1S/C11H15NO/c1-9(13)10-5-4-6-11(10)12-7-2-3-8-12/h2-3,6,10H,4-5,7-8H2,1H3. The van der Waals surface area contributed by atoms with E-state index in [1.807, 2.05) is 0 Å². The predicted octanol–water partition coefficient (Wildman–Crippen LogP) is 1.74. The number of nitrogens with zero attached hydrogens (tertiary/aromatic N) is 1. The second kappa shape index (κ2) is 3.36. The summed E-state index contributed by atoms with van der Waals surface area (Å²) in [6, 6.07) is 0. The zero-order chi connectivity index (χ0) is 9.26. The first-order chi connectivity index (χ1) is 6.29. The lowest BCUT2D eigenvalue weighted by Crippen LogP contribution is -2.26.